The van der Waals surface area contributed by atoms with Gasteiger partial charge in [0.1, 0.15) is 0 Å². The zero-order valence-electron chi connectivity index (χ0n) is 17.1. The molecule has 3 rings (SSSR count). The van der Waals surface area contributed by atoms with Crippen LogP contribution in [0.2, 0.25) is 0 Å². The molecule has 0 unspecified atom stereocenters. The number of aromatic nitrogens is 1. The predicted octanol–water partition coefficient (Wildman–Crippen LogP) is 3.30. The van der Waals surface area contributed by atoms with E-state index in [-0.39, 0.29) is 18.0 Å². The Morgan fingerprint density at radius 3 is 2.68 bits per heavy atom. The summed E-state index contributed by atoms with van der Waals surface area (Å²) in [4.78, 5) is 30.8. The molecule has 1 saturated heterocycles. The van der Waals surface area contributed by atoms with Crippen LogP contribution in [0.3, 0.4) is 0 Å². The van der Waals surface area contributed by atoms with Crippen LogP contribution >= 0.6 is 11.3 Å². The molecule has 2 aromatic heterocycles. The van der Waals surface area contributed by atoms with E-state index in [1.165, 1.54) is 11.3 Å². The number of anilines is 1. The molecule has 6 nitrogen and oxygen atoms in total. The monoisotopic (exact) mass is 403 g/mol. The second-order valence-corrected chi connectivity index (χ2v) is 8.21. The van der Waals surface area contributed by atoms with E-state index in [9.17, 15) is 9.59 Å². The average molecular weight is 404 g/mol. The molecule has 0 spiro atoms. The summed E-state index contributed by atoms with van der Waals surface area (Å²) in [6.07, 6.45) is 2.03. The Hall–Kier alpha value is -2.12. The van der Waals surface area contributed by atoms with Crippen molar-refractivity contribution in [2.45, 2.75) is 53.1 Å². The van der Waals surface area contributed by atoms with Gasteiger partial charge in [-0.3, -0.25) is 9.59 Å². The Morgan fingerprint density at radius 2 is 2.04 bits per heavy atom. The summed E-state index contributed by atoms with van der Waals surface area (Å²) in [5.41, 5.74) is 4.31. The number of ether oxygens (including phenoxy) is 1. The Morgan fingerprint density at radius 1 is 1.32 bits per heavy atom. The lowest BCUT2D eigenvalue weighted by molar-refractivity contribution is 0.0846. The van der Waals surface area contributed by atoms with Crippen molar-refractivity contribution >= 4 is 22.9 Å². The first-order valence-electron chi connectivity index (χ1n) is 9.82. The first-order chi connectivity index (χ1) is 13.4. The first-order valence-corrected chi connectivity index (χ1v) is 10.7. The van der Waals surface area contributed by atoms with E-state index in [2.05, 4.69) is 27.5 Å². The molecule has 0 aliphatic carbocycles. The number of nitrogens with one attached hydrogen (secondary N) is 2. The first kappa shape index (κ1) is 20.6. The number of aryl methyl sites for hydroxylation is 2. The van der Waals surface area contributed by atoms with E-state index < -0.39 is 0 Å². The molecule has 1 aliphatic rings. The van der Waals surface area contributed by atoms with Crippen LogP contribution in [0.4, 0.5) is 5.69 Å². The Balaban J connectivity index is 1.74. The molecule has 0 aromatic carbocycles. The van der Waals surface area contributed by atoms with E-state index in [0.29, 0.717) is 16.5 Å². The highest BCUT2D eigenvalue weighted by molar-refractivity contribution is 7.12. The third kappa shape index (κ3) is 4.31. The summed E-state index contributed by atoms with van der Waals surface area (Å²) in [5.74, 6) is -0.129. The van der Waals surface area contributed by atoms with Gasteiger partial charge < -0.3 is 19.9 Å². The molecule has 0 radical (unpaired) electrons. The largest absolute Gasteiger partial charge is 0.381 e. The van der Waals surface area contributed by atoms with Gasteiger partial charge in [-0.2, -0.15) is 0 Å². The lowest BCUT2D eigenvalue weighted by Gasteiger charge is -2.35. The van der Waals surface area contributed by atoms with Gasteiger partial charge in [0.15, 0.2) is 0 Å². The third-order valence-electron chi connectivity index (χ3n) is 5.42. The van der Waals surface area contributed by atoms with Crippen molar-refractivity contribution in [3.8, 4) is 0 Å². The normalized spacial score (nSPS) is 14.9. The van der Waals surface area contributed by atoms with E-state index in [1.54, 1.807) is 0 Å². The number of carbonyl (C=O) groups excluding carboxylic acids is 1. The quantitative estimate of drug-likeness (QED) is 0.776. The second-order valence-electron chi connectivity index (χ2n) is 7.33. The van der Waals surface area contributed by atoms with Gasteiger partial charge in [-0.05, 0) is 57.7 Å². The standard InChI is InChI=1S/C21H29N3O3S/c1-5-24(16-6-8-27-9-7-16)18-12-28-19(15(18)4)21(26)22-11-17-13(2)10-14(3)23-20(17)25/h10,12,16H,5-9,11H2,1-4H3,(H,22,26)(H,23,25). The number of nitrogens with zero attached hydrogens (tertiary/aromatic N) is 1. The fourth-order valence-corrected chi connectivity index (χ4v) is 4.89. The number of H-pyrrole nitrogens is 1. The van der Waals surface area contributed by atoms with Gasteiger partial charge in [-0.15, -0.1) is 11.3 Å². The maximum atomic E-state index is 12.8. The molecule has 1 fully saturated rings. The number of amides is 1. The molecule has 0 saturated carbocycles. The maximum Gasteiger partial charge on any atom is 0.261 e. The lowest BCUT2D eigenvalue weighted by Crippen LogP contribution is -2.39. The number of hydrogen-bond donors (Lipinski definition) is 2. The summed E-state index contributed by atoms with van der Waals surface area (Å²) in [5, 5.41) is 5.00. The number of pyridine rings is 1. The van der Waals surface area contributed by atoms with Gasteiger partial charge in [-0.1, -0.05) is 0 Å². The van der Waals surface area contributed by atoms with Crippen molar-refractivity contribution in [3.63, 3.8) is 0 Å². The Labute approximate surface area is 169 Å². The number of carbonyl (C=O) groups is 1. The predicted molar refractivity (Wildman–Crippen MR) is 114 cm³/mol. The highest BCUT2D eigenvalue weighted by Crippen LogP contribution is 2.32. The minimum atomic E-state index is -0.141. The topological polar surface area (TPSA) is 74.4 Å². The fourth-order valence-electron chi connectivity index (χ4n) is 3.89. The summed E-state index contributed by atoms with van der Waals surface area (Å²) in [6, 6.07) is 2.38. The smallest absolute Gasteiger partial charge is 0.261 e. The van der Waals surface area contributed by atoms with E-state index in [1.807, 2.05) is 26.8 Å². The minimum Gasteiger partial charge on any atom is -0.381 e. The molecule has 7 heteroatoms. The summed E-state index contributed by atoms with van der Waals surface area (Å²) in [6.45, 7) is 10.6. The number of hydrogen-bond acceptors (Lipinski definition) is 5. The average Bonchev–Trinajstić information content (AvgIpc) is 3.04. The van der Waals surface area contributed by atoms with Gasteiger partial charge in [0.05, 0.1) is 10.6 Å². The van der Waals surface area contributed by atoms with E-state index in [0.717, 1.165) is 55.1 Å². The van der Waals surface area contributed by atoms with Crippen LogP contribution in [0.5, 0.6) is 0 Å². The fraction of sp³-hybridized carbons (Fsp3) is 0.524. The molecule has 28 heavy (non-hydrogen) atoms. The zero-order valence-corrected chi connectivity index (χ0v) is 17.9. The molecule has 1 amide bonds. The molecule has 3 heterocycles. The number of rotatable bonds is 6. The van der Waals surface area contributed by atoms with Gasteiger partial charge in [0, 0.05) is 49.0 Å². The van der Waals surface area contributed by atoms with Crippen molar-refractivity contribution in [3.05, 3.63) is 49.1 Å². The lowest BCUT2D eigenvalue weighted by atomic mass is 10.1. The Bertz CT molecular complexity index is 897. The minimum absolute atomic E-state index is 0.129. The van der Waals surface area contributed by atoms with Gasteiger partial charge in [0.2, 0.25) is 0 Å². The van der Waals surface area contributed by atoms with Gasteiger partial charge in [0.25, 0.3) is 11.5 Å². The van der Waals surface area contributed by atoms with Crippen LogP contribution in [0, 0.1) is 20.8 Å². The molecule has 0 atom stereocenters. The number of thiophene rings is 1. The van der Waals surface area contributed by atoms with Crippen molar-refractivity contribution in [2.24, 2.45) is 0 Å². The van der Waals surface area contributed by atoms with Gasteiger partial charge >= 0.3 is 0 Å². The van der Waals surface area contributed by atoms with Crippen LogP contribution in [0.15, 0.2) is 16.2 Å². The van der Waals surface area contributed by atoms with Crippen LogP contribution < -0.4 is 15.8 Å². The van der Waals surface area contributed by atoms with Crippen molar-refractivity contribution in [1.29, 1.82) is 0 Å². The molecule has 2 N–H and O–H groups in total. The summed E-state index contributed by atoms with van der Waals surface area (Å²) >= 11 is 1.47. The van der Waals surface area contributed by atoms with E-state index in [4.69, 9.17) is 4.74 Å². The SMILES string of the molecule is CCN(c1csc(C(=O)NCc2c(C)cc(C)[nH]c2=O)c1C)C1CCOCC1. The Kier molecular flexibility index (Phi) is 6.57. The highest BCUT2D eigenvalue weighted by atomic mass is 32.1. The van der Waals surface area contributed by atoms with Crippen LogP contribution in [0.1, 0.15) is 51.8 Å². The van der Waals surface area contributed by atoms with Gasteiger partial charge in [-0.25, -0.2) is 0 Å². The molecule has 0 bridgehead atoms. The molecule has 2 aromatic rings. The molecule has 1 aliphatic heterocycles. The van der Waals surface area contributed by atoms with Crippen molar-refractivity contribution in [2.75, 3.05) is 24.7 Å². The molecular formula is C21H29N3O3S. The summed E-state index contributed by atoms with van der Waals surface area (Å²) in [7, 11) is 0. The van der Waals surface area contributed by atoms with Crippen LogP contribution in [-0.4, -0.2) is 36.7 Å². The van der Waals surface area contributed by atoms with Crippen molar-refractivity contribution < 1.29 is 9.53 Å². The highest BCUT2D eigenvalue weighted by Gasteiger charge is 2.25. The number of aromatic amines is 1. The van der Waals surface area contributed by atoms with Crippen molar-refractivity contribution in [1.82, 2.24) is 10.3 Å². The maximum absolute atomic E-state index is 12.8. The second kappa shape index (κ2) is 8.92. The molecular weight excluding hydrogens is 374 g/mol. The zero-order chi connectivity index (χ0) is 20.3. The summed E-state index contributed by atoms with van der Waals surface area (Å²) < 4.78 is 5.49. The van der Waals surface area contributed by atoms with E-state index >= 15 is 0 Å². The van der Waals surface area contributed by atoms with Crippen LogP contribution in [-0.2, 0) is 11.3 Å². The van der Waals surface area contributed by atoms with Crippen LogP contribution in [0.25, 0.3) is 0 Å². The molecule has 152 valence electrons. The third-order valence-corrected chi connectivity index (χ3v) is 6.49.